The molecule has 0 fully saturated rings. The molecule has 0 bridgehead atoms. The molecule has 12 heteroatoms. The van der Waals surface area contributed by atoms with E-state index in [1.165, 1.54) is 12.3 Å². The van der Waals surface area contributed by atoms with E-state index in [9.17, 15) is 19.2 Å². The first kappa shape index (κ1) is 23.2. The van der Waals surface area contributed by atoms with Crippen LogP contribution in [0.4, 0.5) is 9.93 Å². The number of ether oxygens (including phenoxy) is 2. The molecule has 3 amide bonds. The number of urea groups is 1. The zero-order valence-electron chi connectivity index (χ0n) is 17.1. The lowest BCUT2D eigenvalue weighted by Gasteiger charge is -2.29. The topological polar surface area (TPSA) is 136 Å². The monoisotopic (exact) mass is 478 g/mol. The van der Waals surface area contributed by atoms with E-state index in [0.717, 1.165) is 11.3 Å². The lowest BCUT2D eigenvalue weighted by atomic mass is 9.95. The van der Waals surface area contributed by atoms with Crippen LogP contribution < -0.4 is 16.0 Å². The van der Waals surface area contributed by atoms with Gasteiger partial charge in [0.1, 0.15) is 6.61 Å². The van der Waals surface area contributed by atoms with E-state index in [1.807, 2.05) is 0 Å². The Labute approximate surface area is 191 Å². The smallest absolute Gasteiger partial charge is 0.358 e. The third-order valence-corrected chi connectivity index (χ3v) is 5.21. The minimum absolute atomic E-state index is 0.0217. The van der Waals surface area contributed by atoms with Crippen molar-refractivity contribution in [3.8, 4) is 0 Å². The summed E-state index contributed by atoms with van der Waals surface area (Å²) in [6, 6.07) is 5.18. The van der Waals surface area contributed by atoms with Crippen molar-refractivity contribution < 1.29 is 28.7 Å². The number of hydrogen-bond acceptors (Lipinski definition) is 8. The number of carbonyl (C=O) groups excluding carboxylic acids is 4. The predicted octanol–water partition coefficient (Wildman–Crippen LogP) is 2.78. The maximum atomic E-state index is 12.7. The minimum atomic E-state index is -0.834. The number of benzene rings is 1. The molecule has 1 aromatic heterocycles. The summed E-state index contributed by atoms with van der Waals surface area (Å²) in [5.74, 6) is -1.79. The molecule has 1 unspecified atom stereocenters. The normalized spacial score (nSPS) is 15.5. The molecule has 10 nitrogen and oxygen atoms in total. The van der Waals surface area contributed by atoms with E-state index < -0.39 is 30.6 Å². The van der Waals surface area contributed by atoms with Crippen molar-refractivity contribution in [2.24, 2.45) is 0 Å². The van der Waals surface area contributed by atoms with Gasteiger partial charge in [0.2, 0.25) is 5.91 Å². The van der Waals surface area contributed by atoms with Crippen LogP contribution in [0.25, 0.3) is 0 Å². The van der Waals surface area contributed by atoms with Gasteiger partial charge in [-0.15, -0.1) is 11.3 Å². The predicted molar refractivity (Wildman–Crippen MR) is 116 cm³/mol. The molecule has 32 heavy (non-hydrogen) atoms. The van der Waals surface area contributed by atoms with Crippen LogP contribution >= 0.6 is 22.9 Å². The number of rotatable bonds is 7. The Hall–Kier alpha value is -3.44. The molecule has 0 saturated heterocycles. The second-order valence-corrected chi connectivity index (χ2v) is 7.79. The molecule has 0 spiro atoms. The zero-order chi connectivity index (χ0) is 23.3. The van der Waals surface area contributed by atoms with E-state index >= 15 is 0 Å². The molecule has 2 aromatic rings. The average Bonchev–Trinajstić information content (AvgIpc) is 3.20. The number of carbonyl (C=O) groups is 4. The summed E-state index contributed by atoms with van der Waals surface area (Å²) in [5.41, 5.74) is 0.749. The van der Waals surface area contributed by atoms with Crippen LogP contribution in [-0.2, 0) is 19.1 Å². The van der Waals surface area contributed by atoms with Gasteiger partial charge in [-0.05, 0) is 24.6 Å². The van der Waals surface area contributed by atoms with Gasteiger partial charge in [-0.25, -0.2) is 19.4 Å². The van der Waals surface area contributed by atoms with Crippen LogP contribution in [0.5, 0.6) is 0 Å². The molecular formula is C20H19ClN4O6S. The van der Waals surface area contributed by atoms with Crippen LogP contribution in [0.3, 0.4) is 0 Å². The summed E-state index contributed by atoms with van der Waals surface area (Å²) in [6.45, 7) is 2.68. The molecule has 3 N–H and O–H groups in total. The average molecular weight is 479 g/mol. The number of nitrogens with zero attached hydrogens (tertiary/aromatic N) is 1. The fourth-order valence-electron chi connectivity index (χ4n) is 2.87. The van der Waals surface area contributed by atoms with Gasteiger partial charge in [-0.3, -0.25) is 4.79 Å². The number of amides is 3. The Morgan fingerprint density at radius 1 is 1.19 bits per heavy atom. The number of hydrogen-bond donors (Lipinski definition) is 3. The minimum Gasteiger partial charge on any atom is -0.463 e. The zero-order valence-corrected chi connectivity index (χ0v) is 18.6. The molecule has 0 saturated carbocycles. The summed E-state index contributed by atoms with van der Waals surface area (Å²) in [5, 5.41) is 9.80. The van der Waals surface area contributed by atoms with E-state index in [0.29, 0.717) is 10.6 Å². The number of thiazole rings is 1. The summed E-state index contributed by atoms with van der Waals surface area (Å²) in [6.07, 6.45) is 0. The van der Waals surface area contributed by atoms with Gasteiger partial charge < -0.3 is 25.4 Å². The maximum absolute atomic E-state index is 12.7. The molecule has 3 rings (SSSR count). The van der Waals surface area contributed by atoms with Crippen LogP contribution in [0, 0.1) is 0 Å². The molecule has 2 heterocycles. The summed E-state index contributed by atoms with van der Waals surface area (Å²) >= 11 is 7.00. The SMILES string of the molecule is CCOC(=O)C1=C(COC(=O)c2csc(NC(C)=O)n2)NC(=O)NC1c1ccc(Cl)cc1. The number of anilines is 1. The quantitative estimate of drug-likeness (QED) is 0.520. The molecule has 1 aromatic carbocycles. The first-order valence-electron chi connectivity index (χ1n) is 9.41. The lowest BCUT2D eigenvalue weighted by Crippen LogP contribution is -2.47. The second kappa shape index (κ2) is 10.2. The highest BCUT2D eigenvalue weighted by Gasteiger charge is 2.34. The Balaban J connectivity index is 1.86. The van der Waals surface area contributed by atoms with Crippen molar-refractivity contribution in [2.75, 3.05) is 18.5 Å². The summed E-state index contributed by atoms with van der Waals surface area (Å²) in [7, 11) is 0. The Morgan fingerprint density at radius 2 is 1.91 bits per heavy atom. The van der Waals surface area contributed by atoms with Gasteiger partial charge >= 0.3 is 18.0 Å². The molecule has 1 aliphatic rings. The van der Waals surface area contributed by atoms with Crippen molar-refractivity contribution >= 4 is 51.9 Å². The largest absolute Gasteiger partial charge is 0.463 e. The molecule has 168 valence electrons. The van der Waals surface area contributed by atoms with E-state index in [-0.39, 0.29) is 34.6 Å². The Kier molecular flexibility index (Phi) is 7.44. The Morgan fingerprint density at radius 3 is 2.56 bits per heavy atom. The van der Waals surface area contributed by atoms with E-state index in [2.05, 4.69) is 20.9 Å². The van der Waals surface area contributed by atoms with Crippen molar-refractivity contribution in [1.82, 2.24) is 15.6 Å². The van der Waals surface area contributed by atoms with Gasteiger partial charge in [0.25, 0.3) is 0 Å². The van der Waals surface area contributed by atoms with Crippen LogP contribution in [0.1, 0.15) is 35.9 Å². The lowest BCUT2D eigenvalue weighted by molar-refractivity contribution is -0.139. The maximum Gasteiger partial charge on any atom is 0.358 e. The first-order chi connectivity index (χ1) is 15.3. The van der Waals surface area contributed by atoms with Crippen LogP contribution in [0.15, 0.2) is 40.9 Å². The molecule has 0 radical (unpaired) electrons. The fraction of sp³-hybridized carbons (Fsp3) is 0.250. The number of halogens is 1. The summed E-state index contributed by atoms with van der Waals surface area (Å²) in [4.78, 5) is 52.4. The highest BCUT2D eigenvalue weighted by molar-refractivity contribution is 7.14. The van der Waals surface area contributed by atoms with Crippen LogP contribution in [-0.4, -0.2) is 42.1 Å². The molecule has 1 atom stereocenters. The van der Waals surface area contributed by atoms with Gasteiger partial charge in [-0.1, -0.05) is 23.7 Å². The number of aromatic nitrogens is 1. The standard InChI is InChI=1S/C20H19ClN4O6S/c1-3-30-18(28)15-13(8-31-17(27)14-9-32-20(24-14)22-10(2)26)23-19(29)25-16(15)11-4-6-12(21)7-5-11/h4-7,9,16H,3,8H2,1-2H3,(H,22,24,26)(H2,23,25,29). The van der Waals surface area contributed by atoms with Gasteiger partial charge in [0.05, 0.1) is 23.9 Å². The third kappa shape index (κ3) is 5.62. The van der Waals surface area contributed by atoms with Crippen molar-refractivity contribution in [2.45, 2.75) is 19.9 Å². The highest BCUT2D eigenvalue weighted by atomic mass is 35.5. The van der Waals surface area contributed by atoms with Gasteiger partial charge in [0.15, 0.2) is 10.8 Å². The van der Waals surface area contributed by atoms with Gasteiger partial charge in [-0.2, -0.15) is 0 Å². The Bertz CT molecular complexity index is 1080. The summed E-state index contributed by atoms with van der Waals surface area (Å²) < 4.78 is 10.4. The van der Waals surface area contributed by atoms with E-state index in [4.69, 9.17) is 21.1 Å². The third-order valence-electron chi connectivity index (χ3n) is 4.20. The van der Waals surface area contributed by atoms with Crippen molar-refractivity contribution in [3.63, 3.8) is 0 Å². The van der Waals surface area contributed by atoms with Gasteiger partial charge in [0, 0.05) is 17.3 Å². The van der Waals surface area contributed by atoms with Crippen LogP contribution in [0.2, 0.25) is 5.02 Å². The molecule has 1 aliphatic heterocycles. The number of esters is 2. The fourth-order valence-corrected chi connectivity index (χ4v) is 3.73. The van der Waals surface area contributed by atoms with Crippen molar-refractivity contribution in [1.29, 1.82) is 0 Å². The second-order valence-electron chi connectivity index (χ2n) is 6.49. The highest BCUT2D eigenvalue weighted by Crippen LogP contribution is 2.29. The first-order valence-corrected chi connectivity index (χ1v) is 10.7. The van der Waals surface area contributed by atoms with E-state index in [1.54, 1.807) is 31.2 Å². The van der Waals surface area contributed by atoms with Crippen molar-refractivity contribution in [3.05, 3.63) is 57.2 Å². The molecule has 0 aliphatic carbocycles. The molecular weight excluding hydrogens is 460 g/mol. The number of nitrogens with one attached hydrogen (secondary N) is 3.